The van der Waals surface area contributed by atoms with Crippen LogP contribution in [0.2, 0.25) is 0 Å². The van der Waals surface area contributed by atoms with Crippen LogP contribution in [0.3, 0.4) is 0 Å². The Kier molecular flexibility index (Phi) is 9.09. The molecule has 0 saturated carbocycles. The van der Waals surface area contributed by atoms with Crippen LogP contribution in [0.4, 0.5) is 9.52 Å². The van der Waals surface area contributed by atoms with E-state index in [4.69, 9.17) is 4.98 Å². The van der Waals surface area contributed by atoms with Gasteiger partial charge in [-0.15, -0.1) is 24.2 Å². The molecule has 0 spiro atoms. The molecule has 0 radical (unpaired) electrons. The van der Waals surface area contributed by atoms with Crippen LogP contribution in [0.5, 0.6) is 0 Å². The molecule has 0 unspecified atom stereocenters. The number of nitrogens with zero attached hydrogens (tertiary/aromatic N) is 3. The summed E-state index contributed by atoms with van der Waals surface area (Å²) in [6.45, 7) is 5.67. The molecule has 3 rings (SSSR count). The number of amides is 1. The van der Waals surface area contributed by atoms with Crippen LogP contribution in [-0.4, -0.2) is 48.7 Å². The molecule has 0 bridgehead atoms. The van der Waals surface area contributed by atoms with E-state index in [1.54, 1.807) is 28.4 Å². The van der Waals surface area contributed by atoms with Crippen molar-refractivity contribution in [3.63, 3.8) is 0 Å². The van der Waals surface area contributed by atoms with Gasteiger partial charge in [0, 0.05) is 11.4 Å². The number of rotatable bonds is 8. The predicted octanol–water partition coefficient (Wildman–Crippen LogP) is 5.55. The average molecular weight is 468 g/mol. The van der Waals surface area contributed by atoms with Gasteiger partial charge in [0.05, 0.1) is 16.0 Å². The fourth-order valence-electron chi connectivity index (χ4n) is 2.96. The molecule has 162 valence electrons. The van der Waals surface area contributed by atoms with Gasteiger partial charge in [0.25, 0.3) is 0 Å². The lowest BCUT2D eigenvalue weighted by atomic mass is 10.1. The minimum absolute atomic E-state index is 0. The van der Waals surface area contributed by atoms with Gasteiger partial charge < -0.3 is 4.90 Å². The van der Waals surface area contributed by atoms with Crippen molar-refractivity contribution in [2.24, 2.45) is 0 Å². The number of thioether (sulfide) groups is 1. The van der Waals surface area contributed by atoms with Crippen molar-refractivity contribution in [3.8, 4) is 0 Å². The largest absolute Gasteiger partial charge is 0.309 e. The van der Waals surface area contributed by atoms with E-state index in [0.29, 0.717) is 12.3 Å². The van der Waals surface area contributed by atoms with Crippen molar-refractivity contribution in [1.82, 2.24) is 9.88 Å². The molecule has 0 aliphatic carbocycles. The van der Waals surface area contributed by atoms with Crippen LogP contribution in [0, 0.1) is 19.7 Å². The van der Waals surface area contributed by atoms with Crippen LogP contribution in [-0.2, 0) is 4.79 Å². The molecule has 1 aromatic heterocycles. The van der Waals surface area contributed by atoms with E-state index in [2.05, 4.69) is 30.9 Å². The lowest BCUT2D eigenvalue weighted by molar-refractivity contribution is -0.116. The van der Waals surface area contributed by atoms with E-state index >= 15 is 0 Å². The number of aromatic nitrogens is 1. The van der Waals surface area contributed by atoms with Crippen LogP contribution in [0.15, 0.2) is 41.3 Å². The van der Waals surface area contributed by atoms with E-state index in [1.807, 2.05) is 14.1 Å². The fourth-order valence-corrected chi connectivity index (χ4v) is 4.80. The van der Waals surface area contributed by atoms with E-state index in [-0.39, 0.29) is 24.1 Å². The summed E-state index contributed by atoms with van der Waals surface area (Å²) in [6, 6.07) is 10.4. The van der Waals surface area contributed by atoms with E-state index in [9.17, 15) is 9.18 Å². The third-order valence-corrected chi connectivity index (χ3v) is 6.81. The minimum Gasteiger partial charge on any atom is -0.309 e. The zero-order valence-electron chi connectivity index (χ0n) is 17.6. The Morgan fingerprint density at radius 1 is 1.10 bits per heavy atom. The van der Waals surface area contributed by atoms with Gasteiger partial charge in [0.15, 0.2) is 5.13 Å². The molecule has 0 aliphatic rings. The van der Waals surface area contributed by atoms with Gasteiger partial charge in [-0.2, -0.15) is 0 Å². The Bertz CT molecular complexity index is 992. The number of thiazole rings is 1. The lowest BCUT2D eigenvalue weighted by Crippen LogP contribution is -2.34. The molecule has 1 heterocycles. The van der Waals surface area contributed by atoms with Gasteiger partial charge >= 0.3 is 0 Å². The summed E-state index contributed by atoms with van der Waals surface area (Å²) < 4.78 is 14.2. The highest BCUT2D eigenvalue weighted by Gasteiger charge is 2.20. The number of hydrogen-bond donors (Lipinski definition) is 0. The first kappa shape index (κ1) is 24.6. The average Bonchev–Trinajstić information content (AvgIpc) is 3.12. The summed E-state index contributed by atoms with van der Waals surface area (Å²) in [5.41, 5.74) is 3.33. The van der Waals surface area contributed by atoms with E-state index in [1.165, 1.54) is 29.5 Å². The van der Waals surface area contributed by atoms with Gasteiger partial charge in [-0.1, -0.05) is 17.4 Å². The predicted molar refractivity (Wildman–Crippen MR) is 129 cm³/mol. The van der Waals surface area contributed by atoms with Crippen LogP contribution < -0.4 is 4.90 Å². The molecule has 4 nitrogen and oxygen atoms in total. The summed E-state index contributed by atoms with van der Waals surface area (Å²) in [5.74, 6) is 0.0410. The summed E-state index contributed by atoms with van der Waals surface area (Å²) in [4.78, 5) is 22.7. The standard InChI is InChI=1S/C22H26FN3OS2.ClH/c1-15-6-11-19-21(16(15)2)24-22(29-19)26(13-5-12-25(3)4)20(27)14-28-18-9-7-17(23)8-10-18;/h6-11H,5,12-14H2,1-4H3;1H. The molecule has 30 heavy (non-hydrogen) atoms. The molecule has 2 aromatic carbocycles. The number of anilines is 1. The van der Waals surface area contributed by atoms with Gasteiger partial charge in [0.1, 0.15) is 5.82 Å². The van der Waals surface area contributed by atoms with Crippen LogP contribution in [0.25, 0.3) is 10.2 Å². The molecular weight excluding hydrogens is 441 g/mol. The number of aryl methyl sites for hydroxylation is 2. The monoisotopic (exact) mass is 467 g/mol. The first-order valence-electron chi connectivity index (χ1n) is 9.55. The Morgan fingerprint density at radius 2 is 1.80 bits per heavy atom. The first-order valence-corrected chi connectivity index (χ1v) is 11.4. The Labute approximate surface area is 191 Å². The third-order valence-electron chi connectivity index (χ3n) is 4.77. The smallest absolute Gasteiger partial charge is 0.239 e. The Morgan fingerprint density at radius 3 is 2.47 bits per heavy atom. The normalized spacial score (nSPS) is 11.0. The fraction of sp³-hybridized carbons (Fsp3) is 0.364. The number of halogens is 2. The number of carbonyl (C=O) groups is 1. The van der Waals surface area contributed by atoms with Crippen molar-refractivity contribution < 1.29 is 9.18 Å². The van der Waals surface area contributed by atoms with Crippen molar-refractivity contribution in [1.29, 1.82) is 0 Å². The van der Waals surface area contributed by atoms with Crippen molar-refractivity contribution in [2.45, 2.75) is 25.2 Å². The maximum atomic E-state index is 13.1. The van der Waals surface area contributed by atoms with Crippen molar-refractivity contribution in [3.05, 3.63) is 53.3 Å². The summed E-state index contributed by atoms with van der Waals surface area (Å²) >= 11 is 2.98. The zero-order chi connectivity index (χ0) is 21.0. The van der Waals surface area contributed by atoms with E-state index in [0.717, 1.165) is 38.8 Å². The first-order chi connectivity index (χ1) is 13.8. The highest BCUT2D eigenvalue weighted by Crippen LogP contribution is 2.32. The van der Waals surface area contributed by atoms with Gasteiger partial charge in [-0.05, 0) is 82.4 Å². The number of carbonyl (C=O) groups excluding carboxylic acids is 1. The number of hydrogen-bond acceptors (Lipinski definition) is 5. The second-order valence-corrected chi connectivity index (χ2v) is 9.35. The number of fused-ring (bicyclic) bond motifs is 1. The second kappa shape index (κ2) is 11.1. The second-order valence-electron chi connectivity index (χ2n) is 7.30. The van der Waals surface area contributed by atoms with Crippen LogP contribution in [0.1, 0.15) is 17.5 Å². The van der Waals surface area contributed by atoms with Gasteiger partial charge in [-0.25, -0.2) is 9.37 Å². The molecule has 0 N–H and O–H groups in total. The third kappa shape index (κ3) is 6.17. The molecule has 0 fully saturated rings. The number of benzene rings is 2. The highest BCUT2D eigenvalue weighted by atomic mass is 35.5. The Balaban J connectivity index is 0.00000320. The lowest BCUT2D eigenvalue weighted by Gasteiger charge is -2.21. The molecule has 0 aliphatic heterocycles. The van der Waals surface area contributed by atoms with Gasteiger partial charge in [-0.3, -0.25) is 9.69 Å². The summed E-state index contributed by atoms with van der Waals surface area (Å²) in [5, 5.41) is 0.747. The molecule has 8 heteroatoms. The van der Waals surface area contributed by atoms with Crippen molar-refractivity contribution >= 4 is 56.8 Å². The maximum Gasteiger partial charge on any atom is 0.239 e. The zero-order valence-corrected chi connectivity index (χ0v) is 20.1. The molecule has 0 atom stereocenters. The molecular formula is C22H27ClFN3OS2. The molecule has 1 amide bonds. The SMILES string of the molecule is Cc1ccc2sc(N(CCCN(C)C)C(=O)CSc3ccc(F)cc3)nc2c1C.Cl. The minimum atomic E-state index is -0.272. The Hall–Kier alpha value is -1.67. The summed E-state index contributed by atoms with van der Waals surface area (Å²) in [6.07, 6.45) is 0.869. The molecule has 0 saturated heterocycles. The highest BCUT2D eigenvalue weighted by molar-refractivity contribution is 8.00. The maximum absolute atomic E-state index is 13.1. The quantitative estimate of drug-likeness (QED) is 0.407. The van der Waals surface area contributed by atoms with Gasteiger partial charge in [0.2, 0.25) is 5.91 Å². The van der Waals surface area contributed by atoms with E-state index < -0.39 is 0 Å². The topological polar surface area (TPSA) is 36.4 Å². The summed E-state index contributed by atoms with van der Waals surface area (Å²) in [7, 11) is 4.06. The van der Waals surface area contributed by atoms with Crippen molar-refractivity contribution in [2.75, 3.05) is 37.8 Å². The van der Waals surface area contributed by atoms with Crippen LogP contribution >= 0.6 is 35.5 Å². The molecule has 3 aromatic rings.